The zero-order valence-electron chi connectivity index (χ0n) is 16.4. The molecule has 2 saturated heterocycles. The summed E-state index contributed by atoms with van der Waals surface area (Å²) < 4.78 is 1.23. The van der Waals surface area contributed by atoms with Gasteiger partial charge in [0, 0.05) is 5.92 Å². The van der Waals surface area contributed by atoms with E-state index >= 15 is 0 Å². The average Bonchev–Trinajstić information content (AvgIpc) is 3.30. The molecule has 2 aromatic carbocycles. The number of thiazole rings is 1. The van der Waals surface area contributed by atoms with Gasteiger partial charge >= 0.3 is 0 Å². The number of para-hydroxylation sites is 2. The van der Waals surface area contributed by atoms with E-state index in [-0.39, 0.29) is 24.3 Å². The van der Waals surface area contributed by atoms with Crippen LogP contribution in [0.3, 0.4) is 0 Å². The molecule has 6 heteroatoms. The Balaban J connectivity index is 1.29. The molecule has 5 nitrogen and oxygen atoms in total. The predicted octanol–water partition coefficient (Wildman–Crippen LogP) is 4.12. The molecule has 148 valence electrons. The average molecular weight is 406 g/mol. The van der Waals surface area contributed by atoms with Crippen molar-refractivity contribution in [2.45, 2.75) is 38.1 Å². The van der Waals surface area contributed by atoms with Crippen LogP contribution in [-0.2, 0) is 9.59 Å². The summed E-state index contributed by atoms with van der Waals surface area (Å²) in [4.78, 5) is 34.1. The summed E-state index contributed by atoms with van der Waals surface area (Å²) in [6.07, 6.45) is 2.23. The Bertz CT molecular complexity index is 1050. The third-order valence-electron chi connectivity index (χ3n) is 6.11. The van der Waals surface area contributed by atoms with Crippen molar-refractivity contribution in [3.8, 4) is 0 Å². The minimum Gasteiger partial charge on any atom is -0.291 e. The fourth-order valence-corrected chi connectivity index (χ4v) is 5.63. The van der Waals surface area contributed by atoms with Crippen LogP contribution in [0.25, 0.3) is 10.2 Å². The van der Waals surface area contributed by atoms with Crippen LogP contribution in [0.1, 0.15) is 35.8 Å². The number of carbonyl (C=O) groups excluding carboxylic acids is 2. The summed E-state index contributed by atoms with van der Waals surface area (Å²) in [5.41, 5.74) is 2.74. The number of aromatic nitrogens is 1. The lowest BCUT2D eigenvalue weighted by Gasteiger charge is -2.34. The Morgan fingerprint density at radius 1 is 1.00 bits per heavy atom. The molecule has 2 aliphatic rings. The van der Waals surface area contributed by atoms with E-state index in [0.29, 0.717) is 5.92 Å². The second-order valence-electron chi connectivity index (χ2n) is 7.90. The first-order chi connectivity index (χ1) is 14.1. The number of rotatable bonds is 3. The number of aryl methyl sites for hydroxylation is 1. The third kappa shape index (κ3) is 3.26. The molecule has 0 N–H and O–H groups in total. The Hall–Kier alpha value is -2.57. The molecule has 0 bridgehead atoms. The van der Waals surface area contributed by atoms with Crippen LogP contribution in [0.15, 0.2) is 48.5 Å². The van der Waals surface area contributed by atoms with Gasteiger partial charge in [-0.1, -0.05) is 30.3 Å². The second-order valence-corrected chi connectivity index (χ2v) is 8.97. The molecule has 3 heterocycles. The van der Waals surface area contributed by atoms with Gasteiger partial charge in [0.1, 0.15) is 0 Å². The normalized spacial score (nSPS) is 21.4. The Labute approximate surface area is 174 Å². The van der Waals surface area contributed by atoms with Crippen molar-refractivity contribution >= 4 is 39.1 Å². The number of benzene rings is 2. The fourth-order valence-electron chi connectivity index (χ4n) is 4.49. The number of imide groups is 1. The van der Waals surface area contributed by atoms with Gasteiger partial charge in [0.05, 0.1) is 33.4 Å². The van der Waals surface area contributed by atoms with Crippen LogP contribution in [0.2, 0.25) is 0 Å². The minimum absolute atomic E-state index is 0.0808. The van der Waals surface area contributed by atoms with Gasteiger partial charge in [-0.2, -0.15) is 0 Å². The number of carbonyl (C=O) groups is 2. The van der Waals surface area contributed by atoms with E-state index < -0.39 is 0 Å². The van der Waals surface area contributed by atoms with E-state index in [9.17, 15) is 9.59 Å². The Morgan fingerprint density at radius 2 is 1.72 bits per heavy atom. The van der Waals surface area contributed by atoms with E-state index in [1.807, 2.05) is 37.3 Å². The first kappa shape index (κ1) is 18.5. The molecule has 0 unspecified atom stereocenters. The summed E-state index contributed by atoms with van der Waals surface area (Å²) in [6, 6.07) is 15.5. The highest BCUT2D eigenvalue weighted by Gasteiger charge is 2.44. The fraction of sp³-hybridized carbons (Fsp3) is 0.348. The van der Waals surface area contributed by atoms with Crippen LogP contribution >= 0.6 is 11.3 Å². The summed E-state index contributed by atoms with van der Waals surface area (Å²) in [5.74, 6) is 0.258. The van der Waals surface area contributed by atoms with Crippen molar-refractivity contribution in [2.75, 3.05) is 18.0 Å². The largest absolute Gasteiger partial charge is 0.291 e. The third-order valence-corrected chi connectivity index (χ3v) is 7.31. The van der Waals surface area contributed by atoms with Gasteiger partial charge in [-0.25, -0.2) is 9.88 Å². The highest BCUT2D eigenvalue weighted by atomic mass is 32.1. The van der Waals surface area contributed by atoms with Crippen LogP contribution in [0, 0.1) is 6.92 Å². The van der Waals surface area contributed by atoms with Crippen molar-refractivity contribution in [1.29, 1.82) is 0 Å². The van der Waals surface area contributed by atoms with Gasteiger partial charge < -0.3 is 0 Å². The number of amides is 2. The monoisotopic (exact) mass is 405 g/mol. The molecule has 29 heavy (non-hydrogen) atoms. The Morgan fingerprint density at radius 3 is 2.48 bits per heavy atom. The van der Waals surface area contributed by atoms with Gasteiger partial charge in [0.25, 0.3) is 5.91 Å². The van der Waals surface area contributed by atoms with Gasteiger partial charge in [-0.05, 0) is 56.6 Å². The lowest BCUT2D eigenvalue weighted by molar-refractivity contribution is -0.123. The molecule has 0 radical (unpaired) electrons. The molecule has 2 fully saturated rings. The second kappa shape index (κ2) is 7.35. The molecule has 0 spiro atoms. The quantitative estimate of drug-likeness (QED) is 0.615. The summed E-state index contributed by atoms with van der Waals surface area (Å²) >= 11 is 1.78. The predicted molar refractivity (Wildman–Crippen MR) is 115 cm³/mol. The van der Waals surface area contributed by atoms with Crippen LogP contribution in [-0.4, -0.2) is 40.8 Å². The van der Waals surface area contributed by atoms with Gasteiger partial charge in [-0.3, -0.25) is 14.5 Å². The number of hydrogen-bond donors (Lipinski definition) is 0. The molecule has 0 aliphatic carbocycles. The van der Waals surface area contributed by atoms with E-state index in [0.717, 1.165) is 42.7 Å². The molecule has 2 aliphatic heterocycles. The summed E-state index contributed by atoms with van der Waals surface area (Å²) in [6.45, 7) is 3.59. The highest BCUT2D eigenvalue weighted by molar-refractivity contribution is 7.18. The first-order valence-electron chi connectivity index (χ1n) is 10.1. The van der Waals surface area contributed by atoms with E-state index in [4.69, 9.17) is 4.98 Å². The van der Waals surface area contributed by atoms with Crippen molar-refractivity contribution in [2.24, 2.45) is 0 Å². The maximum atomic E-state index is 13.1. The first-order valence-corrected chi connectivity index (χ1v) is 11.0. The number of fused-ring (bicyclic) bond motifs is 1. The molecule has 2 amide bonds. The number of likely N-dealkylation sites (tertiary alicyclic amines) is 1. The molecule has 1 aromatic heterocycles. The van der Waals surface area contributed by atoms with Crippen LogP contribution < -0.4 is 4.90 Å². The number of hydrogen-bond acceptors (Lipinski definition) is 5. The van der Waals surface area contributed by atoms with Gasteiger partial charge in [-0.15, -0.1) is 11.3 Å². The lowest BCUT2D eigenvalue weighted by Crippen LogP contribution is -2.45. The van der Waals surface area contributed by atoms with Crippen molar-refractivity contribution in [1.82, 2.24) is 9.88 Å². The van der Waals surface area contributed by atoms with Gasteiger partial charge in [0.15, 0.2) is 0 Å². The summed E-state index contributed by atoms with van der Waals surface area (Å²) in [5, 5.41) is 1.20. The molecular weight excluding hydrogens is 382 g/mol. The van der Waals surface area contributed by atoms with Crippen molar-refractivity contribution < 1.29 is 9.59 Å². The topological polar surface area (TPSA) is 53.5 Å². The van der Waals surface area contributed by atoms with Crippen LogP contribution in [0.5, 0.6) is 0 Å². The van der Waals surface area contributed by atoms with Crippen LogP contribution in [0.4, 0.5) is 5.69 Å². The van der Waals surface area contributed by atoms with Gasteiger partial charge in [0.2, 0.25) is 5.91 Å². The SMILES string of the molecule is Cc1ccccc1N1C(=O)C[C@H](N2CCC(c3nc4ccccc4s3)CC2)C1=O. The number of anilines is 1. The number of nitrogens with zero attached hydrogens (tertiary/aromatic N) is 3. The molecule has 0 saturated carbocycles. The minimum atomic E-state index is -0.335. The van der Waals surface area contributed by atoms with E-state index in [1.54, 1.807) is 11.3 Å². The number of piperidine rings is 1. The Kier molecular flexibility index (Phi) is 4.68. The molecule has 1 atom stereocenters. The highest BCUT2D eigenvalue weighted by Crippen LogP contribution is 2.36. The van der Waals surface area contributed by atoms with Crippen molar-refractivity contribution in [3.05, 3.63) is 59.1 Å². The molecule has 5 rings (SSSR count). The smallest absolute Gasteiger partial charge is 0.251 e. The van der Waals surface area contributed by atoms with E-state index in [1.165, 1.54) is 14.6 Å². The van der Waals surface area contributed by atoms with Crippen molar-refractivity contribution in [3.63, 3.8) is 0 Å². The zero-order valence-corrected chi connectivity index (χ0v) is 17.2. The summed E-state index contributed by atoms with van der Waals surface area (Å²) in [7, 11) is 0. The molecule has 3 aromatic rings. The lowest BCUT2D eigenvalue weighted by atomic mass is 9.96. The van der Waals surface area contributed by atoms with E-state index in [2.05, 4.69) is 23.1 Å². The standard InChI is InChI=1S/C23H23N3O2S/c1-15-6-2-4-8-18(15)26-21(27)14-19(23(26)28)25-12-10-16(11-13-25)22-24-17-7-3-5-9-20(17)29-22/h2-9,16,19H,10-14H2,1H3/t19-/m0/s1. The zero-order chi connectivity index (χ0) is 20.0. The maximum Gasteiger partial charge on any atom is 0.251 e. The maximum absolute atomic E-state index is 13.1. The molecular formula is C23H23N3O2S.